The van der Waals surface area contributed by atoms with E-state index in [0.717, 1.165) is 25.6 Å². The van der Waals surface area contributed by atoms with Gasteiger partial charge in [0.1, 0.15) is 17.1 Å². The molecule has 0 fully saturated rings. The second kappa shape index (κ2) is 10.6. The molecule has 4 aromatic rings. The lowest BCUT2D eigenvalue weighted by Gasteiger charge is -2.27. The number of thiazole rings is 1. The summed E-state index contributed by atoms with van der Waals surface area (Å²) in [7, 11) is 0. The molecule has 0 saturated carbocycles. The molecule has 1 aromatic carbocycles. The quantitative estimate of drug-likeness (QED) is 0.317. The number of carbonyl (C=O) groups is 1. The summed E-state index contributed by atoms with van der Waals surface area (Å²) in [4.78, 5) is 26.4. The van der Waals surface area contributed by atoms with Crippen molar-refractivity contribution in [3.05, 3.63) is 90.5 Å². The number of pyridine rings is 2. The standard InChI is InChI=1S/C24H23N5O2S2/c1-2-24(31,17-8-4-3-5-9-17)16-28-22(30)19-14-18(11-13-25-19)32-21-15-27-23(33-21)29-20-10-6-7-12-26-20/h3-15,31H,2,16H2,1H3,(H,28,30)(H,26,27,29). The summed E-state index contributed by atoms with van der Waals surface area (Å²) in [6.07, 6.45) is 5.58. The Morgan fingerprint density at radius 1 is 1.06 bits per heavy atom. The Hall–Kier alpha value is -3.27. The van der Waals surface area contributed by atoms with E-state index in [2.05, 4.69) is 25.6 Å². The van der Waals surface area contributed by atoms with Crippen LogP contribution >= 0.6 is 23.1 Å². The Balaban J connectivity index is 1.39. The van der Waals surface area contributed by atoms with E-state index in [-0.39, 0.29) is 12.5 Å². The zero-order valence-electron chi connectivity index (χ0n) is 17.9. The molecule has 0 radical (unpaired) electrons. The van der Waals surface area contributed by atoms with Crippen LogP contribution in [0.15, 0.2) is 88.4 Å². The summed E-state index contributed by atoms with van der Waals surface area (Å²) < 4.78 is 0.968. The van der Waals surface area contributed by atoms with E-state index in [1.165, 1.54) is 23.1 Å². The number of hydrogen-bond acceptors (Lipinski definition) is 8. The van der Waals surface area contributed by atoms with Gasteiger partial charge in [0.05, 0.1) is 17.0 Å². The highest BCUT2D eigenvalue weighted by atomic mass is 32.2. The monoisotopic (exact) mass is 477 g/mol. The molecule has 0 spiro atoms. The third-order valence-electron chi connectivity index (χ3n) is 5.00. The Bertz CT molecular complexity index is 1200. The van der Waals surface area contributed by atoms with Crippen molar-refractivity contribution in [1.29, 1.82) is 0 Å². The Morgan fingerprint density at radius 2 is 1.88 bits per heavy atom. The van der Waals surface area contributed by atoms with Gasteiger partial charge in [0, 0.05) is 17.3 Å². The number of benzene rings is 1. The van der Waals surface area contributed by atoms with Crippen molar-refractivity contribution in [2.75, 3.05) is 11.9 Å². The first-order chi connectivity index (χ1) is 16.1. The van der Waals surface area contributed by atoms with Crippen LogP contribution in [0, 0.1) is 0 Å². The predicted octanol–water partition coefficient (Wildman–Crippen LogP) is 4.86. The van der Waals surface area contributed by atoms with Crippen LogP contribution < -0.4 is 10.6 Å². The summed E-state index contributed by atoms with van der Waals surface area (Å²) in [6.45, 7) is 1.99. The van der Waals surface area contributed by atoms with E-state index in [1.807, 2.05) is 61.5 Å². The van der Waals surface area contributed by atoms with Crippen molar-refractivity contribution in [3.63, 3.8) is 0 Å². The largest absolute Gasteiger partial charge is 0.383 e. The molecule has 168 valence electrons. The number of aliphatic hydroxyl groups is 1. The summed E-state index contributed by atoms with van der Waals surface area (Å²) >= 11 is 3.00. The maximum atomic E-state index is 12.7. The average Bonchev–Trinajstić information content (AvgIpc) is 3.30. The van der Waals surface area contributed by atoms with Gasteiger partial charge in [-0.3, -0.25) is 9.78 Å². The van der Waals surface area contributed by atoms with Gasteiger partial charge in [-0.05, 0) is 36.2 Å². The average molecular weight is 478 g/mol. The third kappa shape index (κ3) is 5.95. The summed E-state index contributed by atoms with van der Waals surface area (Å²) in [5.41, 5.74) is -0.0728. The maximum Gasteiger partial charge on any atom is 0.270 e. The lowest BCUT2D eigenvalue weighted by molar-refractivity contribution is 0.0313. The fraction of sp³-hybridized carbons (Fsp3) is 0.167. The molecule has 0 aliphatic rings. The number of rotatable bonds is 9. The minimum atomic E-state index is -1.14. The minimum absolute atomic E-state index is 0.1000. The number of anilines is 2. The Kier molecular flexibility index (Phi) is 7.33. The van der Waals surface area contributed by atoms with Crippen molar-refractivity contribution < 1.29 is 9.90 Å². The van der Waals surface area contributed by atoms with E-state index in [4.69, 9.17) is 0 Å². The molecule has 0 aliphatic carbocycles. The number of nitrogens with zero attached hydrogens (tertiary/aromatic N) is 3. The van der Waals surface area contributed by atoms with Gasteiger partial charge >= 0.3 is 0 Å². The van der Waals surface area contributed by atoms with Gasteiger partial charge in [-0.15, -0.1) is 0 Å². The molecule has 0 bridgehead atoms. The number of carbonyl (C=O) groups excluding carboxylic acids is 1. The van der Waals surface area contributed by atoms with Crippen molar-refractivity contribution in [3.8, 4) is 0 Å². The molecule has 3 N–H and O–H groups in total. The molecule has 0 saturated heterocycles. The van der Waals surface area contributed by atoms with Crippen LogP contribution in [-0.4, -0.2) is 32.5 Å². The first-order valence-electron chi connectivity index (χ1n) is 10.4. The van der Waals surface area contributed by atoms with Crippen molar-refractivity contribution in [2.24, 2.45) is 0 Å². The number of hydrogen-bond donors (Lipinski definition) is 3. The first kappa shape index (κ1) is 22.9. The highest BCUT2D eigenvalue weighted by Gasteiger charge is 2.27. The van der Waals surface area contributed by atoms with Gasteiger partial charge in [0.25, 0.3) is 5.91 Å². The van der Waals surface area contributed by atoms with E-state index < -0.39 is 5.60 Å². The van der Waals surface area contributed by atoms with Gasteiger partial charge in [-0.1, -0.05) is 66.4 Å². The molecular weight excluding hydrogens is 454 g/mol. The zero-order valence-corrected chi connectivity index (χ0v) is 19.6. The maximum absolute atomic E-state index is 12.7. The lowest BCUT2D eigenvalue weighted by atomic mass is 9.91. The minimum Gasteiger partial charge on any atom is -0.383 e. The van der Waals surface area contributed by atoms with Crippen LogP contribution in [0.1, 0.15) is 29.4 Å². The summed E-state index contributed by atoms with van der Waals surface area (Å²) in [5.74, 6) is 0.399. The van der Waals surface area contributed by atoms with Crippen LogP contribution in [0.4, 0.5) is 10.9 Å². The number of aromatic nitrogens is 3. The van der Waals surface area contributed by atoms with Gasteiger partial charge < -0.3 is 15.7 Å². The van der Waals surface area contributed by atoms with E-state index in [0.29, 0.717) is 12.1 Å². The van der Waals surface area contributed by atoms with Crippen LogP contribution in [0.25, 0.3) is 0 Å². The lowest BCUT2D eigenvalue weighted by Crippen LogP contribution is -2.40. The van der Waals surface area contributed by atoms with Crippen LogP contribution in [-0.2, 0) is 5.60 Å². The van der Waals surface area contributed by atoms with E-state index >= 15 is 0 Å². The molecule has 9 heteroatoms. The summed E-state index contributed by atoms with van der Waals surface area (Å²) in [6, 6.07) is 18.6. The molecule has 0 aliphatic heterocycles. The highest BCUT2D eigenvalue weighted by Crippen LogP contribution is 2.34. The molecule has 1 amide bonds. The van der Waals surface area contributed by atoms with E-state index in [1.54, 1.807) is 24.7 Å². The molecule has 33 heavy (non-hydrogen) atoms. The second-order valence-electron chi connectivity index (χ2n) is 7.24. The number of nitrogens with one attached hydrogen (secondary N) is 2. The molecule has 4 rings (SSSR count). The molecule has 7 nitrogen and oxygen atoms in total. The van der Waals surface area contributed by atoms with Gasteiger partial charge in [-0.25, -0.2) is 9.97 Å². The van der Waals surface area contributed by atoms with Crippen LogP contribution in [0.3, 0.4) is 0 Å². The fourth-order valence-electron chi connectivity index (χ4n) is 3.12. The summed E-state index contributed by atoms with van der Waals surface area (Å²) in [5, 5.41) is 17.7. The van der Waals surface area contributed by atoms with E-state index in [9.17, 15) is 9.90 Å². The second-order valence-corrected chi connectivity index (χ2v) is 9.64. The zero-order chi connectivity index (χ0) is 23.1. The number of amides is 1. The van der Waals surface area contributed by atoms with Gasteiger partial charge in [0.2, 0.25) is 0 Å². The third-order valence-corrected chi connectivity index (χ3v) is 7.01. The molecule has 1 unspecified atom stereocenters. The smallest absolute Gasteiger partial charge is 0.270 e. The predicted molar refractivity (Wildman–Crippen MR) is 131 cm³/mol. The topological polar surface area (TPSA) is 100 Å². The molecular formula is C24H23N5O2S2. The first-order valence-corrected chi connectivity index (χ1v) is 12.0. The van der Waals surface area contributed by atoms with Crippen molar-refractivity contribution in [1.82, 2.24) is 20.3 Å². The van der Waals surface area contributed by atoms with Gasteiger partial charge in [0.15, 0.2) is 5.13 Å². The SMILES string of the molecule is CCC(O)(CNC(=O)c1cc(Sc2cnc(Nc3ccccn3)s2)ccn1)c1ccccc1. The van der Waals surface area contributed by atoms with Crippen LogP contribution in [0.2, 0.25) is 0 Å². The fourth-order valence-corrected chi connectivity index (χ4v) is 5.01. The Labute approximate surface area is 200 Å². The van der Waals surface area contributed by atoms with Crippen LogP contribution in [0.5, 0.6) is 0 Å². The Morgan fingerprint density at radius 3 is 2.64 bits per heavy atom. The van der Waals surface area contributed by atoms with Crippen molar-refractivity contribution in [2.45, 2.75) is 28.1 Å². The normalized spacial score (nSPS) is 12.7. The molecule has 1 atom stereocenters. The molecule has 3 heterocycles. The highest BCUT2D eigenvalue weighted by molar-refractivity contribution is 8.01. The van der Waals surface area contributed by atoms with Crippen molar-refractivity contribution >= 4 is 40.0 Å². The van der Waals surface area contributed by atoms with Gasteiger partial charge in [-0.2, -0.15) is 0 Å². The molecule has 3 aromatic heterocycles.